The molecule has 1 heterocycles. The molecule has 0 amide bonds. The minimum absolute atomic E-state index is 0.104. The minimum Gasteiger partial charge on any atom is -0.379 e. The summed E-state index contributed by atoms with van der Waals surface area (Å²) in [7, 11) is -3.62. The molecule has 0 aromatic heterocycles. The van der Waals surface area contributed by atoms with Crippen LogP contribution in [0, 0.1) is 13.8 Å². The molecule has 1 fully saturated rings. The van der Waals surface area contributed by atoms with Crippen LogP contribution < -0.4 is 5.32 Å². The van der Waals surface area contributed by atoms with Crippen LogP contribution in [-0.4, -0.2) is 51.4 Å². The van der Waals surface area contributed by atoms with Crippen molar-refractivity contribution < 1.29 is 17.9 Å². The number of nitrogens with zero attached hydrogens (tertiary/aromatic N) is 1. The molecule has 27 heavy (non-hydrogen) atoms. The number of morpholine rings is 1. The third-order valence-corrected chi connectivity index (χ3v) is 6.57. The van der Waals surface area contributed by atoms with Gasteiger partial charge in [-0.3, -0.25) is 4.79 Å². The fourth-order valence-electron chi connectivity index (χ4n) is 3.13. The fraction of sp³-hybridized carbons (Fsp3) is 0.350. The summed E-state index contributed by atoms with van der Waals surface area (Å²) in [6, 6.07) is 12.2. The third kappa shape index (κ3) is 4.37. The van der Waals surface area contributed by atoms with Crippen LogP contribution in [0.25, 0.3) is 0 Å². The Balaban J connectivity index is 1.76. The Hall–Kier alpha value is -2.22. The number of ketones is 1. The summed E-state index contributed by atoms with van der Waals surface area (Å²) in [6.07, 6.45) is 0. The van der Waals surface area contributed by atoms with Crippen molar-refractivity contribution in [2.24, 2.45) is 0 Å². The highest BCUT2D eigenvalue weighted by Crippen LogP contribution is 2.21. The Bertz CT molecular complexity index is 914. The molecule has 0 saturated carbocycles. The molecule has 2 aromatic rings. The molecule has 0 atom stereocenters. The smallest absolute Gasteiger partial charge is 0.243 e. The number of benzene rings is 2. The minimum atomic E-state index is -3.62. The molecule has 0 spiro atoms. The topological polar surface area (TPSA) is 75.7 Å². The van der Waals surface area contributed by atoms with Gasteiger partial charge in [-0.1, -0.05) is 30.3 Å². The van der Waals surface area contributed by atoms with Crippen LogP contribution in [0.2, 0.25) is 0 Å². The van der Waals surface area contributed by atoms with Crippen LogP contribution in [0.3, 0.4) is 0 Å². The highest BCUT2D eigenvalue weighted by Gasteiger charge is 2.26. The maximum atomic E-state index is 12.8. The lowest BCUT2D eigenvalue weighted by molar-refractivity contribution is 0.0730. The molecule has 2 aromatic carbocycles. The second kappa shape index (κ2) is 8.21. The first kappa shape index (κ1) is 19.5. The summed E-state index contributed by atoms with van der Waals surface area (Å²) >= 11 is 0. The van der Waals surface area contributed by atoms with E-state index in [1.54, 1.807) is 12.1 Å². The van der Waals surface area contributed by atoms with Crippen molar-refractivity contribution in [3.8, 4) is 0 Å². The lowest BCUT2D eigenvalue weighted by Gasteiger charge is -2.26. The summed E-state index contributed by atoms with van der Waals surface area (Å²) in [4.78, 5) is 12.7. The number of carbonyl (C=O) groups excluding carboxylic acids is 1. The van der Waals surface area contributed by atoms with E-state index in [0.29, 0.717) is 31.9 Å². The molecule has 1 N–H and O–H groups in total. The number of ether oxygens (including phenoxy) is 1. The van der Waals surface area contributed by atoms with Gasteiger partial charge >= 0.3 is 0 Å². The van der Waals surface area contributed by atoms with E-state index < -0.39 is 10.0 Å². The Morgan fingerprint density at radius 2 is 1.70 bits per heavy atom. The maximum Gasteiger partial charge on any atom is 0.243 e. The predicted octanol–water partition coefficient (Wildman–Crippen LogP) is 2.62. The summed E-state index contributed by atoms with van der Waals surface area (Å²) < 4.78 is 32.2. The number of anilines is 1. The van der Waals surface area contributed by atoms with Gasteiger partial charge in [0.1, 0.15) is 0 Å². The second-order valence-electron chi connectivity index (χ2n) is 6.59. The highest BCUT2D eigenvalue weighted by molar-refractivity contribution is 7.89. The normalized spacial score (nSPS) is 15.5. The zero-order valence-electron chi connectivity index (χ0n) is 15.6. The molecule has 0 radical (unpaired) electrons. The highest BCUT2D eigenvalue weighted by atomic mass is 32.2. The van der Waals surface area contributed by atoms with Gasteiger partial charge in [-0.15, -0.1) is 0 Å². The van der Waals surface area contributed by atoms with Crippen molar-refractivity contribution in [1.29, 1.82) is 0 Å². The number of nitrogens with one attached hydrogen (secondary N) is 1. The number of aryl methyl sites for hydroxylation is 2. The molecule has 144 valence electrons. The Kier molecular flexibility index (Phi) is 5.94. The number of hydrogen-bond donors (Lipinski definition) is 1. The van der Waals surface area contributed by atoms with E-state index in [-0.39, 0.29) is 17.2 Å². The summed E-state index contributed by atoms with van der Waals surface area (Å²) in [6.45, 7) is 5.50. The van der Waals surface area contributed by atoms with Gasteiger partial charge in [0.05, 0.1) is 24.7 Å². The zero-order valence-corrected chi connectivity index (χ0v) is 16.4. The number of hydrogen-bond acceptors (Lipinski definition) is 5. The SMILES string of the molecule is Cc1cccc(C)c1NCC(=O)c1cccc(S(=O)(=O)N2CCOCC2)c1. The van der Waals surface area contributed by atoms with Crippen LogP contribution >= 0.6 is 0 Å². The largest absolute Gasteiger partial charge is 0.379 e. The van der Waals surface area contributed by atoms with Gasteiger partial charge in [0.25, 0.3) is 0 Å². The first-order valence-corrected chi connectivity index (χ1v) is 10.3. The summed E-state index contributed by atoms with van der Waals surface area (Å²) in [5.74, 6) is -0.156. The first-order valence-electron chi connectivity index (χ1n) is 8.91. The number of sulfonamides is 1. The van der Waals surface area contributed by atoms with Gasteiger partial charge in [0, 0.05) is 24.3 Å². The van der Waals surface area contributed by atoms with E-state index in [4.69, 9.17) is 4.74 Å². The molecule has 1 saturated heterocycles. The Morgan fingerprint density at radius 3 is 2.37 bits per heavy atom. The average molecular weight is 388 g/mol. The average Bonchev–Trinajstić information content (AvgIpc) is 2.68. The molecule has 0 aliphatic carbocycles. The van der Waals surface area contributed by atoms with Crippen LogP contribution in [0.15, 0.2) is 47.4 Å². The van der Waals surface area contributed by atoms with Crippen LogP contribution in [0.4, 0.5) is 5.69 Å². The fourth-order valence-corrected chi connectivity index (χ4v) is 4.58. The Labute approximate surface area is 160 Å². The van der Waals surface area contributed by atoms with E-state index in [9.17, 15) is 13.2 Å². The van der Waals surface area contributed by atoms with E-state index >= 15 is 0 Å². The van der Waals surface area contributed by atoms with E-state index in [0.717, 1.165) is 16.8 Å². The summed E-state index contributed by atoms with van der Waals surface area (Å²) in [5.41, 5.74) is 3.43. The summed E-state index contributed by atoms with van der Waals surface area (Å²) in [5, 5.41) is 3.18. The Morgan fingerprint density at radius 1 is 1.07 bits per heavy atom. The standard InChI is InChI=1S/C20H24N2O4S/c1-15-5-3-6-16(2)20(15)21-14-19(23)17-7-4-8-18(13-17)27(24,25)22-9-11-26-12-10-22/h3-8,13,21H,9-12,14H2,1-2H3. The van der Waals surface area contributed by atoms with Crippen LogP contribution in [0.1, 0.15) is 21.5 Å². The van der Waals surface area contributed by atoms with Crippen molar-refractivity contribution >= 4 is 21.5 Å². The number of rotatable bonds is 6. The molecule has 1 aliphatic rings. The van der Waals surface area contributed by atoms with E-state index in [2.05, 4.69) is 5.32 Å². The van der Waals surface area contributed by atoms with Crippen molar-refractivity contribution in [1.82, 2.24) is 4.31 Å². The molecule has 3 rings (SSSR count). The molecular weight excluding hydrogens is 364 g/mol. The maximum absolute atomic E-state index is 12.8. The van der Waals surface area contributed by atoms with Gasteiger partial charge in [-0.2, -0.15) is 4.31 Å². The van der Waals surface area contributed by atoms with Crippen molar-refractivity contribution in [2.45, 2.75) is 18.7 Å². The second-order valence-corrected chi connectivity index (χ2v) is 8.53. The van der Waals surface area contributed by atoms with Gasteiger partial charge in [-0.05, 0) is 37.1 Å². The van der Waals surface area contributed by atoms with Crippen molar-refractivity contribution in [3.63, 3.8) is 0 Å². The lowest BCUT2D eigenvalue weighted by atomic mass is 10.1. The van der Waals surface area contributed by atoms with Crippen LogP contribution in [0.5, 0.6) is 0 Å². The van der Waals surface area contributed by atoms with Gasteiger partial charge in [0.15, 0.2) is 5.78 Å². The van der Waals surface area contributed by atoms with Crippen LogP contribution in [-0.2, 0) is 14.8 Å². The number of Topliss-reactive ketones (excluding diaryl/α,β-unsaturated/α-hetero) is 1. The predicted molar refractivity (Wildman–Crippen MR) is 105 cm³/mol. The first-order chi connectivity index (χ1) is 12.9. The van der Waals surface area contributed by atoms with Crippen molar-refractivity contribution in [3.05, 3.63) is 59.2 Å². The number of para-hydroxylation sites is 1. The molecule has 1 aliphatic heterocycles. The molecular formula is C20H24N2O4S. The molecule has 0 bridgehead atoms. The molecule has 6 nitrogen and oxygen atoms in total. The molecule has 7 heteroatoms. The van der Waals surface area contributed by atoms with Gasteiger partial charge < -0.3 is 10.1 Å². The third-order valence-electron chi connectivity index (χ3n) is 4.67. The van der Waals surface area contributed by atoms with Gasteiger partial charge in [0.2, 0.25) is 10.0 Å². The quantitative estimate of drug-likeness (QED) is 0.770. The van der Waals surface area contributed by atoms with Crippen molar-refractivity contribution in [2.75, 3.05) is 38.2 Å². The monoisotopic (exact) mass is 388 g/mol. The van der Waals surface area contributed by atoms with E-state index in [1.807, 2.05) is 32.0 Å². The molecule has 0 unspecified atom stereocenters. The number of carbonyl (C=O) groups is 1. The zero-order chi connectivity index (χ0) is 19.4. The van der Waals surface area contributed by atoms with Gasteiger partial charge in [-0.25, -0.2) is 8.42 Å². The van der Waals surface area contributed by atoms with E-state index in [1.165, 1.54) is 16.4 Å². The lowest BCUT2D eigenvalue weighted by Crippen LogP contribution is -2.40.